The third-order valence-corrected chi connectivity index (χ3v) is 4.56. The van der Waals surface area contributed by atoms with Gasteiger partial charge in [0.15, 0.2) is 0 Å². The number of ether oxygens (including phenoxy) is 2. The molecule has 0 spiro atoms. The van der Waals surface area contributed by atoms with E-state index in [0.29, 0.717) is 24.6 Å². The zero-order chi connectivity index (χ0) is 20.0. The molecule has 27 heavy (non-hydrogen) atoms. The van der Waals surface area contributed by atoms with Crippen molar-refractivity contribution >= 4 is 11.6 Å². The van der Waals surface area contributed by atoms with Gasteiger partial charge in [0.25, 0.3) is 0 Å². The molecule has 1 amide bonds. The summed E-state index contributed by atoms with van der Waals surface area (Å²) < 4.78 is 11.2. The molecule has 1 atom stereocenters. The Morgan fingerprint density at radius 3 is 2.37 bits per heavy atom. The van der Waals surface area contributed by atoms with E-state index in [9.17, 15) is 4.79 Å². The van der Waals surface area contributed by atoms with Gasteiger partial charge in [0.1, 0.15) is 18.1 Å². The zero-order valence-corrected chi connectivity index (χ0v) is 17.1. The number of nitrogens with zero attached hydrogens (tertiary/aromatic N) is 1. The summed E-state index contributed by atoms with van der Waals surface area (Å²) in [4.78, 5) is 14.6. The first-order valence-electron chi connectivity index (χ1n) is 9.17. The van der Waals surface area contributed by atoms with E-state index in [0.717, 1.165) is 11.3 Å². The first-order chi connectivity index (χ1) is 12.8. The van der Waals surface area contributed by atoms with E-state index in [1.807, 2.05) is 56.1 Å². The molecule has 0 aliphatic rings. The maximum absolute atomic E-state index is 12.6. The fraction of sp³-hybridized carbons (Fsp3) is 0.409. The third-order valence-electron chi connectivity index (χ3n) is 4.56. The van der Waals surface area contributed by atoms with Crippen molar-refractivity contribution in [3.05, 3.63) is 53.1 Å². The van der Waals surface area contributed by atoms with Crippen molar-refractivity contribution in [1.29, 1.82) is 0 Å². The van der Waals surface area contributed by atoms with Gasteiger partial charge in [-0.2, -0.15) is 0 Å². The molecule has 5 nitrogen and oxygen atoms in total. The van der Waals surface area contributed by atoms with E-state index in [2.05, 4.69) is 25.2 Å². The number of hydrogen-bond donors (Lipinski definition) is 1. The lowest BCUT2D eigenvalue weighted by Crippen LogP contribution is -2.41. The van der Waals surface area contributed by atoms with Gasteiger partial charge in [0.2, 0.25) is 5.91 Å². The van der Waals surface area contributed by atoms with E-state index < -0.39 is 0 Å². The second-order valence-electron chi connectivity index (χ2n) is 7.02. The summed E-state index contributed by atoms with van der Waals surface area (Å²) >= 11 is 0. The Kier molecular flexibility index (Phi) is 7.25. The van der Waals surface area contributed by atoms with Gasteiger partial charge in [0.05, 0.1) is 18.8 Å². The molecule has 0 aliphatic heterocycles. The standard InChI is InChI=1S/C22H30N2O3/c1-15-7-8-21(26-6)20(14-15)23-22(25)18(4)24(5)9-10-27-19-12-16(2)11-17(3)13-19/h7-8,11-14,18H,9-10H2,1-6H3,(H,23,25). The first-order valence-corrected chi connectivity index (χ1v) is 9.17. The van der Waals surface area contributed by atoms with Gasteiger partial charge >= 0.3 is 0 Å². The highest BCUT2D eigenvalue weighted by Crippen LogP contribution is 2.25. The lowest BCUT2D eigenvalue weighted by molar-refractivity contribution is -0.120. The van der Waals surface area contributed by atoms with Gasteiger partial charge in [-0.25, -0.2) is 0 Å². The monoisotopic (exact) mass is 370 g/mol. The predicted octanol–water partition coefficient (Wildman–Crippen LogP) is 3.96. The molecule has 2 rings (SSSR count). The second kappa shape index (κ2) is 9.42. The van der Waals surface area contributed by atoms with Crippen molar-refractivity contribution in [2.75, 3.05) is 32.6 Å². The number of nitrogens with one attached hydrogen (secondary N) is 1. The quantitative estimate of drug-likeness (QED) is 0.764. The smallest absolute Gasteiger partial charge is 0.241 e. The fourth-order valence-corrected chi connectivity index (χ4v) is 2.87. The molecule has 1 N–H and O–H groups in total. The predicted molar refractivity (Wildman–Crippen MR) is 110 cm³/mol. The summed E-state index contributed by atoms with van der Waals surface area (Å²) in [5.41, 5.74) is 4.11. The van der Waals surface area contributed by atoms with Crippen molar-refractivity contribution in [3.63, 3.8) is 0 Å². The van der Waals surface area contributed by atoms with Crippen LogP contribution in [-0.4, -0.2) is 44.2 Å². The minimum atomic E-state index is -0.293. The Labute approximate surface area is 162 Å². The van der Waals surface area contributed by atoms with Crippen LogP contribution in [-0.2, 0) is 4.79 Å². The highest BCUT2D eigenvalue weighted by Gasteiger charge is 2.19. The molecule has 2 aromatic rings. The van der Waals surface area contributed by atoms with E-state index in [4.69, 9.17) is 9.47 Å². The highest BCUT2D eigenvalue weighted by molar-refractivity contribution is 5.95. The summed E-state index contributed by atoms with van der Waals surface area (Å²) in [5, 5.41) is 2.96. The highest BCUT2D eigenvalue weighted by atomic mass is 16.5. The van der Waals surface area contributed by atoms with Crippen LogP contribution in [0.1, 0.15) is 23.6 Å². The molecule has 0 fully saturated rings. The summed E-state index contributed by atoms with van der Waals surface area (Å²) in [7, 11) is 3.52. The summed E-state index contributed by atoms with van der Waals surface area (Å²) in [6, 6.07) is 11.6. The van der Waals surface area contributed by atoms with Crippen LogP contribution in [0.4, 0.5) is 5.69 Å². The maximum atomic E-state index is 12.6. The Morgan fingerprint density at radius 2 is 1.74 bits per heavy atom. The molecule has 2 aromatic carbocycles. The van der Waals surface area contributed by atoms with Gasteiger partial charge < -0.3 is 14.8 Å². The average molecular weight is 370 g/mol. The number of hydrogen-bond acceptors (Lipinski definition) is 4. The van der Waals surface area contributed by atoms with Crippen LogP contribution in [0.3, 0.4) is 0 Å². The Balaban J connectivity index is 1.89. The Hall–Kier alpha value is -2.53. The number of amides is 1. The van der Waals surface area contributed by atoms with Crippen molar-refractivity contribution in [3.8, 4) is 11.5 Å². The number of likely N-dealkylation sites (N-methyl/N-ethyl adjacent to an activating group) is 1. The molecular weight excluding hydrogens is 340 g/mol. The summed E-state index contributed by atoms with van der Waals surface area (Å²) in [5.74, 6) is 1.44. The van der Waals surface area contributed by atoms with Crippen molar-refractivity contribution < 1.29 is 14.3 Å². The maximum Gasteiger partial charge on any atom is 0.241 e. The van der Waals surface area contributed by atoms with Crippen LogP contribution in [0.2, 0.25) is 0 Å². The van der Waals surface area contributed by atoms with Crippen LogP contribution in [0.25, 0.3) is 0 Å². The van der Waals surface area contributed by atoms with Crippen molar-refractivity contribution in [2.45, 2.75) is 33.7 Å². The van der Waals surface area contributed by atoms with Crippen LogP contribution in [0, 0.1) is 20.8 Å². The molecule has 0 aromatic heterocycles. The van der Waals surface area contributed by atoms with Crippen LogP contribution >= 0.6 is 0 Å². The molecule has 0 aliphatic carbocycles. The first kappa shape index (κ1) is 20.8. The summed E-state index contributed by atoms with van der Waals surface area (Å²) in [6.45, 7) is 9.14. The topological polar surface area (TPSA) is 50.8 Å². The van der Waals surface area contributed by atoms with Crippen LogP contribution < -0.4 is 14.8 Å². The summed E-state index contributed by atoms with van der Waals surface area (Å²) in [6.07, 6.45) is 0. The van der Waals surface area contributed by atoms with E-state index in [-0.39, 0.29) is 11.9 Å². The lowest BCUT2D eigenvalue weighted by atomic mass is 10.1. The SMILES string of the molecule is COc1ccc(C)cc1NC(=O)C(C)N(C)CCOc1cc(C)cc(C)c1. The molecule has 0 bridgehead atoms. The van der Waals surface area contributed by atoms with Gasteiger partial charge in [-0.1, -0.05) is 12.1 Å². The number of benzene rings is 2. The molecule has 0 heterocycles. The molecule has 1 unspecified atom stereocenters. The largest absolute Gasteiger partial charge is 0.495 e. The number of anilines is 1. The van der Waals surface area contributed by atoms with E-state index >= 15 is 0 Å². The van der Waals surface area contributed by atoms with Gasteiger partial charge in [-0.15, -0.1) is 0 Å². The number of carbonyl (C=O) groups excluding carboxylic acids is 1. The van der Waals surface area contributed by atoms with Crippen molar-refractivity contribution in [1.82, 2.24) is 4.90 Å². The molecule has 0 saturated carbocycles. The zero-order valence-electron chi connectivity index (χ0n) is 17.1. The number of methoxy groups -OCH3 is 1. The van der Waals surface area contributed by atoms with Crippen LogP contribution in [0.5, 0.6) is 11.5 Å². The molecule has 5 heteroatoms. The molecule has 146 valence electrons. The fourth-order valence-electron chi connectivity index (χ4n) is 2.87. The third kappa shape index (κ3) is 6.00. The number of aryl methyl sites for hydroxylation is 3. The number of rotatable bonds is 8. The van der Waals surface area contributed by atoms with Gasteiger partial charge in [-0.05, 0) is 75.7 Å². The average Bonchev–Trinajstić information content (AvgIpc) is 2.60. The van der Waals surface area contributed by atoms with E-state index in [1.165, 1.54) is 11.1 Å². The minimum absolute atomic E-state index is 0.0761. The van der Waals surface area contributed by atoms with Crippen LogP contribution in [0.15, 0.2) is 36.4 Å². The molecule has 0 radical (unpaired) electrons. The minimum Gasteiger partial charge on any atom is -0.495 e. The normalized spacial score (nSPS) is 12.0. The van der Waals surface area contributed by atoms with Gasteiger partial charge in [-0.3, -0.25) is 9.69 Å². The lowest BCUT2D eigenvalue weighted by Gasteiger charge is -2.24. The van der Waals surface area contributed by atoms with Gasteiger partial charge in [0, 0.05) is 6.54 Å². The Morgan fingerprint density at radius 1 is 1.07 bits per heavy atom. The second-order valence-corrected chi connectivity index (χ2v) is 7.02. The van der Waals surface area contributed by atoms with E-state index in [1.54, 1.807) is 7.11 Å². The number of carbonyl (C=O) groups is 1. The van der Waals surface area contributed by atoms with Crippen molar-refractivity contribution in [2.24, 2.45) is 0 Å². The Bertz CT molecular complexity index is 769. The molecular formula is C22H30N2O3. The molecule has 0 saturated heterocycles.